The van der Waals surface area contributed by atoms with Crippen molar-refractivity contribution in [1.29, 1.82) is 0 Å². The molecule has 0 aromatic heterocycles. The maximum Gasteiger partial charge on any atom is 0.220 e. The summed E-state index contributed by atoms with van der Waals surface area (Å²) in [6.07, 6.45) is 38.9. The van der Waals surface area contributed by atoms with Gasteiger partial charge in [0.2, 0.25) is 5.91 Å². The standard InChI is InChI=1S/C37H75NO3/c1-3-5-7-9-11-12-13-14-15-16-17-18-19-20-21-22-23-24-25-27-29-31-33-37(41)38-35(34-39)36(40)32-30-28-26-10-8-6-4-2/h35-36,39-40H,3-34H2,1-2H3,(H,38,41). The lowest BCUT2D eigenvalue weighted by molar-refractivity contribution is -0.123. The Hall–Kier alpha value is -0.610. The summed E-state index contributed by atoms with van der Waals surface area (Å²) in [5.74, 6) is -0.0316. The molecule has 2 atom stereocenters. The highest BCUT2D eigenvalue weighted by Crippen LogP contribution is 2.16. The molecule has 0 saturated carbocycles. The molecule has 0 aromatic rings. The second kappa shape index (κ2) is 33.9. The first-order chi connectivity index (χ1) is 20.2. The summed E-state index contributed by atoms with van der Waals surface area (Å²) in [6, 6.07) is -0.526. The van der Waals surface area contributed by atoms with E-state index in [-0.39, 0.29) is 12.5 Å². The molecule has 0 spiro atoms. The van der Waals surface area contributed by atoms with Crippen LogP contribution in [0, 0.1) is 0 Å². The van der Waals surface area contributed by atoms with Gasteiger partial charge in [-0.3, -0.25) is 4.79 Å². The van der Waals surface area contributed by atoms with Gasteiger partial charge >= 0.3 is 0 Å². The van der Waals surface area contributed by atoms with Crippen LogP contribution in [0.15, 0.2) is 0 Å². The molecule has 1 amide bonds. The number of hydrogen-bond donors (Lipinski definition) is 3. The molecule has 2 unspecified atom stereocenters. The Balaban J connectivity index is 3.40. The summed E-state index contributed by atoms with van der Waals surface area (Å²) in [7, 11) is 0. The highest BCUT2D eigenvalue weighted by Gasteiger charge is 2.19. The first-order valence-electron chi connectivity index (χ1n) is 18.7. The van der Waals surface area contributed by atoms with E-state index >= 15 is 0 Å². The second-order valence-corrected chi connectivity index (χ2v) is 13.0. The summed E-state index contributed by atoms with van der Waals surface area (Å²) in [4.78, 5) is 12.3. The first kappa shape index (κ1) is 40.4. The van der Waals surface area contributed by atoms with Gasteiger partial charge in [-0.05, 0) is 12.8 Å². The minimum absolute atomic E-state index is 0.0316. The number of unbranched alkanes of at least 4 members (excludes halogenated alkanes) is 27. The molecule has 3 N–H and O–H groups in total. The lowest BCUT2D eigenvalue weighted by Gasteiger charge is -2.22. The zero-order chi connectivity index (χ0) is 30.1. The van der Waals surface area contributed by atoms with Crippen molar-refractivity contribution in [2.45, 2.75) is 225 Å². The minimum Gasteiger partial charge on any atom is -0.394 e. The van der Waals surface area contributed by atoms with Crippen LogP contribution in [0.3, 0.4) is 0 Å². The van der Waals surface area contributed by atoms with Crippen LogP contribution in [0.4, 0.5) is 0 Å². The Morgan fingerprint density at radius 2 is 0.780 bits per heavy atom. The zero-order valence-corrected chi connectivity index (χ0v) is 28.1. The van der Waals surface area contributed by atoms with Crippen molar-refractivity contribution in [1.82, 2.24) is 5.32 Å². The lowest BCUT2D eigenvalue weighted by Crippen LogP contribution is -2.45. The van der Waals surface area contributed by atoms with E-state index in [0.29, 0.717) is 12.8 Å². The first-order valence-corrected chi connectivity index (χ1v) is 18.7. The molecule has 4 nitrogen and oxygen atoms in total. The van der Waals surface area contributed by atoms with Crippen molar-refractivity contribution in [2.75, 3.05) is 6.61 Å². The topological polar surface area (TPSA) is 69.6 Å². The van der Waals surface area contributed by atoms with Gasteiger partial charge in [-0.1, -0.05) is 194 Å². The van der Waals surface area contributed by atoms with E-state index in [1.807, 2.05) is 0 Å². The van der Waals surface area contributed by atoms with Crippen LogP contribution in [0.1, 0.15) is 213 Å². The summed E-state index contributed by atoms with van der Waals surface area (Å²) >= 11 is 0. The van der Waals surface area contributed by atoms with Gasteiger partial charge in [0.15, 0.2) is 0 Å². The van der Waals surface area contributed by atoms with Crippen LogP contribution in [-0.4, -0.2) is 34.9 Å². The van der Waals surface area contributed by atoms with Gasteiger partial charge in [0.25, 0.3) is 0 Å². The normalized spacial score (nSPS) is 13.0. The van der Waals surface area contributed by atoms with Gasteiger partial charge in [0.1, 0.15) is 0 Å². The molecule has 0 aliphatic heterocycles. The fraction of sp³-hybridized carbons (Fsp3) is 0.973. The van der Waals surface area contributed by atoms with Crippen molar-refractivity contribution in [2.24, 2.45) is 0 Å². The third kappa shape index (κ3) is 30.6. The van der Waals surface area contributed by atoms with Gasteiger partial charge in [0, 0.05) is 6.42 Å². The summed E-state index contributed by atoms with van der Waals surface area (Å²) in [5, 5.41) is 22.9. The van der Waals surface area contributed by atoms with E-state index in [0.717, 1.165) is 25.7 Å². The molecule has 41 heavy (non-hydrogen) atoms. The van der Waals surface area contributed by atoms with Gasteiger partial charge in [0.05, 0.1) is 18.8 Å². The fourth-order valence-corrected chi connectivity index (χ4v) is 5.95. The Labute approximate surface area is 257 Å². The zero-order valence-electron chi connectivity index (χ0n) is 28.1. The average molecular weight is 582 g/mol. The van der Waals surface area contributed by atoms with Crippen LogP contribution in [-0.2, 0) is 4.79 Å². The van der Waals surface area contributed by atoms with E-state index in [9.17, 15) is 15.0 Å². The summed E-state index contributed by atoms with van der Waals surface area (Å²) in [5.41, 5.74) is 0. The maximum absolute atomic E-state index is 12.3. The second-order valence-electron chi connectivity index (χ2n) is 13.0. The predicted molar refractivity (Wildman–Crippen MR) is 179 cm³/mol. The third-order valence-electron chi connectivity index (χ3n) is 8.87. The third-order valence-corrected chi connectivity index (χ3v) is 8.87. The van der Waals surface area contributed by atoms with Crippen LogP contribution < -0.4 is 5.32 Å². The Kier molecular flexibility index (Phi) is 33.4. The molecular weight excluding hydrogens is 506 g/mol. The van der Waals surface area contributed by atoms with Crippen LogP contribution in [0.5, 0.6) is 0 Å². The average Bonchev–Trinajstić information content (AvgIpc) is 2.97. The fourth-order valence-electron chi connectivity index (χ4n) is 5.95. The van der Waals surface area contributed by atoms with E-state index in [4.69, 9.17) is 0 Å². The van der Waals surface area contributed by atoms with Gasteiger partial charge in [-0.2, -0.15) is 0 Å². The highest BCUT2D eigenvalue weighted by atomic mass is 16.3. The Morgan fingerprint density at radius 1 is 0.488 bits per heavy atom. The largest absolute Gasteiger partial charge is 0.394 e. The Morgan fingerprint density at radius 3 is 1.10 bits per heavy atom. The molecule has 0 aliphatic carbocycles. The van der Waals surface area contributed by atoms with E-state index in [1.165, 1.54) is 161 Å². The van der Waals surface area contributed by atoms with Gasteiger partial charge in [-0.25, -0.2) is 0 Å². The number of amides is 1. The minimum atomic E-state index is -0.649. The molecular formula is C37H75NO3. The molecule has 4 heteroatoms. The molecule has 0 aliphatic rings. The summed E-state index contributed by atoms with van der Waals surface area (Å²) in [6.45, 7) is 4.32. The predicted octanol–water partition coefficient (Wildman–Crippen LogP) is 11.0. The SMILES string of the molecule is CCCCCCCCCCCCCCCCCCCCCCCCC(=O)NC(CO)C(O)CCCCCCCCC. The number of carbonyl (C=O) groups is 1. The van der Waals surface area contributed by atoms with Crippen LogP contribution in [0.25, 0.3) is 0 Å². The molecule has 0 bridgehead atoms. The number of aliphatic hydroxyl groups is 2. The number of nitrogens with one attached hydrogen (secondary N) is 1. The van der Waals surface area contributed by atoms with E-state index in [1.54, 1.807) is 0 Å². The molecule has 0 radical (unpaired) electrons. The number of aliphatic hydroxyl groups excluding tert-OH is 2. The molecule has 246 valence electrons. The molecule has 0 rings (SSSR count). The Bertz CT molecular complexity index is 512. The van der Waals surface area contributed by atoms with Crippen molar-refractivity contribution in [3.63, 3.8) is 0 Å². The number of rotatable bonds is 34. The molecule has 0 heterocycles. The quantitative estimate of drug-likeness (QED) is 0.0662. The van der Waals surface area contributed by atoms with Crippen molar-refractivity contribution < 1.29 is 15.0 Å². The van der Waals surface area contributed by atoms with Crippen molar-refractivity contribution in [3.05, 3.63) is 0 Å². The lowest BCUT2D eigenvalue weighted by atomic mass is 10.0. The van der Waals surface area contributed by atoms with Crippen molar-refractivity contribution in [3.8, 4) is 0 Å². The molecule has 0 aromatic carbocycles. The van der Waals surface area contributed by atoms with Gasteiger partial charge in [-0.15, -0.1) is 0 Å². The monoisotopic (exact) mass is 582 g/mol. The van der Waals surface area contributed by atoms with Crippen LogP contribution in [0.2, 0.25) is 0 Å². The molecule has 0 fully saturated rings. The smallest absolute Gasteiger partial charge is 0.220 e. The van der Waals surface area contributed by atoms with E-state index in [2.05, 4.69) is 19.2 Å². The van der Waals surface area contributed by atoms with Gasteiger partial charge < -0.3 is 15.5 Å². The van der Waals surface area contributed by atoms with Crippen molar-refractivity contribution >= 4 is 5.91 Å². The number of hydrogen-bond acceptors (Lipinski definition) is 3. The molecule has 0 saturated heterocycles. The highest BCUT2D eigenvalue weighted by molar-refractivity contribution is 5.76. The maximum atomic E-state index is 12.3. The van der Waals surface area contributed by atoms with Crippen LogP contribution >= 0.6 is 0 Å². The van der Waals surface area contributed by atoms with E-state index < -0.39 is 12.1 Å². The summed E-state index contributed by atoms with van der Waals surface area (Å²) < 4.78 is 0. The number of carbonyl (C=O) groups excluding carboxylic acids is 1.